The van der Waals surface area contributed by atoms with Crippen LogP contribution in [-0.2, 0) is 11.2 Å². The molecule has 1 atom stereocenters. The third kappa shape index (κ3) is 3.64. The molecule has 0 radical (unpaired) electrons. The van der Waals surface area contributed by atoms with E-state index in [0.29, 0.717) is 12.5 Å². The first-order valence-electron chi connectivity index (χ1n) is 6.06. The zero-order chi connectivity index (χ0) is 14.0. The summed E-state index contributed by atoms with van der Waals surface area (Å²) in [7, 11) is 0. The summed E-state index contributed by atoms with van der Waals surface area (Å²) in [6.07, 6.45) is 1.89. The minimum Gasteiger partial charge on any atom is -0.490 e. The highest BCUT2D eigenvalue weighted by Crippen LogP contribution is 2.32. The molecule has 2 rings (SSSR count). The second kappa shape index (κ2) is 5.52. The Morgan fingerprint density at radius 2 is 2.16 bits per heavy atom. The van der Waals surface area contributed by atoms with E-state index in [1.165, 1.54) is 0 Å². The fraction of sp³-hybridized carbons (Fsp3) is 0.462. The summed E-state index contributed by atoms with van der Waals surface area (Å²) in [6, 6.07) is 0.566. The summed E-state index contributed by atoms with van der Waals surface area (Å²) in [5.74, 6) is -2.51. The summed E-state index contributed by atoms with van der Waals surface area (Å²) in [6.45, 7) is 0.359. The largest absolute Gasteiger partial charge is 0.490 e. The Morgan fingerprint density at radius 3 is 2.74 bits per heavy atom. The van der Waals surface area contributed by atoms with E-state index in [9.17, 15) is 13.6 Å². The van der Waals surface area contributed by atoms with E-state index in [2.05, 4.69) is 0 Å². The molecule has 19 heavy (non-hydrogen) atoms. The monoisotopic (exact) mass is 271 g/mol. The second-order valence-electron chi connectivity index (χ2n) is 4.78. The fourth-order valence-electron chi connectivity index (χ4n) is 1.74. The first kappa shape index (κ1) is 13.7. The highest BCUT2D eigenvalue weighted by Gasteiger charge is 2.24. The van der Waals surface area contributed by atoms with Gasteiger partial charge in [-0.1, -0.05) is 0 Å². The second-order valence-corrected chi connectivity index (χ2v) is 4.78. The van der Waals surface area contributed by atoms with E-state index in [4.69, 9.17) is 15.6 Å². The number of halogens is 2. The Bertz CT molecular complexity index is 489. The SMILES string of the molecule is NC(Cc1cc(F)cc(F)c1OCC1CC1)C(=O)O. The summed E-state index contributed by atoms with van der Waals surface area (Å²) >= 11 is 0. The molecule has 104 valence electrons. The van der Waals surface area contributed by atoms with Crippen molar-refractivity contribution in [3.8, 4) is 5.75 Å². The van der Waals surface area contributed by atoms with Crippen LogP contribution in [0.25, 0.3) is 0 Å². The summed E-state index contributed by atoms with van der Waals surface area (Å²) < 4.78 is 32.2. The third-order valence-electron chi connectivity index (χ3n) is 3.00. The Labute approximate surface area is 109 Å². The minimum atomic E-state index is -1.22. The maximum absolute atomic E-state index is 13.7. The summed E-state index contributed by atoms with van der Waals surface area (Å²) in [5, 5.41) is 8.75. The molecular weight excluding hydrogens is 256 g/mol. The number of carbonyl (C=O) groups is 1. The predicted octanol–water partition coefficient (Wildman–Crippen LogP) is 1.71. The van der Waals surface area contributed by atoms with Crippen LogP contribution in [0.2, 0.25) is 0 Å². The van der Waals surface area contributed by atoms with E-state index in [1.807, 2.05) is 0 Å². The van der Waals surface area contributed by atoms with Crippen molar-refractivity contribution in [3.63, 3.8) is 0 Å². The van der Waals surface area contributed by atoms with Gasteiger partial charge in [0.05, 0.1) is 6.61 Å². The molecule has 0 aromatic heterocycles. The van der Waals surface area contributed by atoms with Crippen molar-refractivity contribution in [2.24, 2.45) is 11.7 Å². The van der Waals surface area contributed by atoms with Crippen molar-refractivity contribution >= 4 is 5.97 Å². The van der Waals surface area contributed by atoms with Gasteiger partial charge in [0.25, 0.3) is 0 Å². The number of aliphatic carboxylic acids is 1. The summed E-state index contributed by atoms with van der Waals surface area (Å²) in [4.78, 5) is 10.7. The van der Waals surface area contributed by atoms with Crippen molar-refractivity contribution in [2.75, 3.05) is 6.61 Å². The molecular formula is C13H15F2NO3. The van der Waals surface area contributed by atoms with Gasteiger partial charge in [-0.25, -0.2) is 8.78 Å². The molecule has 1 aliphatic carbocycles. The number of carboxylic acid groups (broad SMARTS) is 1. The molecule has 1 unspecified atom stereocenters. The van der Waals surface area contributed by atoms with Crippen LogP contribution in [0.4, 0.5) is 8.78 Å². The van der Waals surface area contributed by atoms with Crippen molar-refractivity contribution in [3.05, 3.63) is 29.3 Å². The maximum Gasteiger partial charge on any atom is 0.320 e. The smallest absolute Gasteiger partial charge is 0.320 e. The lowest BCUT2D eigenvalue weighted by Crippen LogP contribution is -2.32. The van der Waals surface area contributed by atoms with E-state index in [-0.39, 0.29) is 17.7 Å². The van der Waals surface area contributed by atoms with Gasteiger partial charge in [-0.15, -0.1) is 0 Å². The molecule has 6 heteroatoms. The molecule has 0 bridgehead atoms. The molecule has 0 amide bonds. The Hall–Kier alpha value is -1.69. The van der Waals surface area contributed by atoms with Gasteiger partial charge in [-0.3, -0.25) is 4.79 Å². The van der Waals surface area contributed by atoms with Crippen LogP contribution in [0.3, 0.4) is 0 Å². The van der Waals surface area contributed by atoms with E-state index >= 15 is 0 Å². The maximum atomic E-state index is 13.7. The van der Waals surface area contributed by atoms with Crippen molar-refractivity contribution in [1.82, 2.24) is 0 Å². The first-order valence-corrected chi connectivity index (χ1v) is 6.06. The fourth-order valence-corrected chi connectivity index (χ4v) is 1.74. The highest BCUT2D eigenvalue weighted by molar-refractivity contribution is 5.73. The van der Waals surface area contributed by atoms with Crippen LogP contribution in [0.5, 0.6) is 5.75 Å². The molecule has 0 heterocycles. The van der Waals surface area contributed by atoms with Crippen molar-refractivity contribution < 1.29 is 23.4 Å². The molecule has 1 fully saturated rings. The van der Waals surface area contributed by atoms with Gasteiger partial charge in [0.2, 0.25) is 0 Å². The van der Waals surface area contributed by atoms with Crippen LogP contribution in [0.15, 0.2) is 12.1 Å². The van der Waals surface area contributed by atoms with E-state index < -0.39 is 23.6 Å². The zero-order valence-electron chi connectivity index (χ0n) is 10.2. The molecule has 3 N–H and O–H groups in total. The lowest BCUT2D eigenvalue weighted by Gasteiger charge is -2.14. The minimum absolute atomic E-state index is 0.0926. The number of hydrogen-bond donors (Lipinski definition) is 2. The normalized spacial score (nSPS) is 16.2. The molecule has 1 aliphatic rings. The van der Waals surface area contributed by atoms with E-state index in [0.717, 1.165) is 25.0 Å². The molecule has 1 saturated carbocycles. The van der Waals surface area contributed by atoms with Gasteiger partial charge in [-0.05, 0) is 24.8 Å². The van der Waals surface area contributed by atoms with Gasteiger partial charge in [0, 0.05) is 18.1 Å². The van der Waals surface area contributed by atoms with Crippen molar-refractivity contribution in [2.45, 2.75) is 25.3 Å². The third-order valence-corrected chi connectivity index (χ3v) is 3.00. The molecule has 0 spiro atoms. The van der Waals surface area contributed by atoms with Gasteiger partial charge < -0.3 is 15.6 Å². The molecule has 1 aromatic carbocycles. The Balaban J connectivity index is 2.19. The topological polar surface area (TPSA) is 72.5 Å². The molecule has 0 aliphatic heterocycles. The Morgan fingerprint density at radius 1 is 1.47 bits per heavy atom. The Kier molecular flexibility index (Phi) is 3.99. The van der Waals surface area contributed by atoms with Crippen LogP contribution in [0.1, 0.15) is 18.4 Å². The number of carboxylic acids is 1. The number of hydrogen-bond acceptors (Lipinski definition) is 3. The van der Waals surface area contributed by atoms with Gasteiger partial charge >= 0.3 is 5.97 Å². The standard InChI is InChI=1S/C13H15F2NO3/c14-9-3-8(4-11(16)13(17)18)12(10(15)5-9)19-6-7-1-2-7/h3,5,7,11H,1-2,4,6,16H2,(H,17,18). The number of ether oxygens (including phenoxy) is 1. The lowest BCUT2D eigenvalue weighted by atomic mass is 10.0. The van der Waals surface area contributed by atoms with Crippen LogP contribution < -0.4 is 10.5 Å². The first-order chi connectivity index (χ1) is 8.97. The van der Waals surface area contributed by atoms with Crippen molar-refractivity contribution in [1.29, 1.82) is 0 Å². The van der Waals surface area contributed by atoms with Gasteiger partial charge in [-0.2, -0.15) is 0 Å². The average molecular weight is 271 g/mol. The van der Waals surface area contributed by atoms with E-state index in [1.54, 1.807) is 0 Å². The quantitative estimate of drug-likeness (QED) is 0.826. The summed E-state index contributed by atoms with van der Waals surface area (Å²) in [5.41, 5.74) is 5.53. The van der Waals surface area contributed by atoms with Crippen LogP contribution >= 0.6 is 0 Å². The number of rotatable bonds is 6. The number of benzene rings is 1. The molecule has 1 aromatic rings. The van der Waals surface area contributed by atoms with Crippen LogP contribution in [0, 0.1) is 17.6 Å². The predicted molar refractivity (Wildman–Crippen MR) is 63.9 cm³/mol. The van der Waals surface area contributed by atoms with Crippen LogP contribution in [-0.4, -0.2) is 23.7 Å². The molecule has 0 saturated heterocycles. The van der Waals surface area contributed by atoms with Gasteiger partial charge in [0.15, 0.2) is 11.6 Å². The van der Waals surface area contributed by atoms with Gasteiger partial charge in [0.1, 0.15) is 11.9 Å². The highest BCUT2D eigenvalue weighted by atomic mass is 19.1. The molecule has 4 nitrogen and oxygen atoms in total. The number of nitrogens with two attached hydrogens (primary N) is 1. The zero-order valence-corrected chi connectivity index (χ0v) is 10.2. The average Bonchev–Trinajstić information content (AvgIpc) is 3.11. The lowest BCUT2D eigenvalue weighted by molar-refractivity contribution is -0.138.